The maximum atomic E-state index is 6.68. The second kappa shape index (κ2) is 5.88. The molecule has 0 amide bonds. The normalized spacial score (nSPS) is 32.0. The molecule has 3 rings (SSSR count). The smallest absolute Gasteiger partial charge is 0.0289 e. The lowest BCUT2D eigenvalue weighted by Gasteiger charge is -2.37. The highest BCUT2D eigenvalue weighted by molar-refractivity contribution is 8.00. The van der Waals surface area contributed by atoms with Crippen molar-refractivity contribution in [2.75, 3.05) is 0 Å². The quantitative estimate of drug-likeness (QED) is 0.892. The van der Waals surface area contributed by atoms with Gasteiger partial charge in [0, 0.05) is 16.2 Å². The molecule has 2 heteroatoms. The second-order valence-corrected chi connectivity index (χ2v) is 7.44. The first-order chi connectivity index (χ1) is 9.29. The Labute approximate surface area is 121 Å². The summed E-state index contributed by atoms with van der Waals surface area (Å²) in [6, 6.07) is 9.21. The molecule has 1 nitrogen and oxygen atoms in total. The predicted octanol–water partition coefficient (Wildman–Crippen LogP) is 4.25. The molecule has 1 aromatic rings. The second-order valence-electron chi connectivity index (χ2n) is 6.16. The maximum absolute atomic E-state index is 6.68. The number of thioether (sulfide) groups is 1. The fourth-order valence-electron chi connectivity index (χ4n) is 3.95. The Morgan fingerprint density at radius 2 is 2.05 bits per heavy atom. The Kier molecular flexibility index (Phi) is 4.18. The van der Waals surface area contributed by atoms with Gasteiger partial charge in [-0.15, -0.1) is 11.8 Å². The van der Waals surface area contributed by atoms with Gasteiger partial charge in [0.15, 0.2) is 0 Å². The fraction of sp³-hybridized carbons (Fsp3) is 0.647. The summed E-state index contributed by atoms with van der Waals surface area (Å²) in [4.78, 5) is 1.46. The summed E-state index contributed by atoms with van der Waals surface area (Å²) in [5.41, 5.74) is 8.19. The molecule has 4 atom stereocenters. The summed E-state index contributed by atoms with van der Waals surface area (Å²) < 4.78 is 0. The van der Waals surface area contributed by atoms with Crippen LogP contribution in [0.15, 0.2) is 29.2 Å². The van der Waals surface area contributed by atoms with Crippen molar-refractivity contribution in [2.24, 2.45) is 17.6 Å². The summed E-state index contributed by atoms with van der Waals surface area (Å²) in [6.07, 6.45) is 8.04. The Morgan fingerprint density at radius 3 is 2.84 bits per heavy atom. The van der Waals surface area contributed by atoms with E-state index >= 15 is 0 Å². The molecule has 0 aromatic heterocycles. The van der Waals surface area contributed by atoms with E-state index in [4.69, 9.17) is 5.73 Å². The molecule has 2 N–H and O–H groups in total. The van der Waals surface area contributed by atoms with Crippen LogP contribution in [0.4, 0.5) is 0 Å². The summed E-state index contributed by atoms with van der Waals surface area (Å²) >= 11 is 2.03. The third kappa shape index (κ3) is 2.71. The monoisotopic (exact) mass is 275 g/mol. The van der Waals surface area contributed by atoms with E-state index in [0.29, 0.717) is 11.3 Å². The Hall–Kier alpha value is -0.470. The van der Waals surface area contributed by atoms with Crippen LogP contribution in [0.5, 0.6) is 0 Å². The molecule has 4 unspecified atom stereocenters. The standard InChI is InChI=1S/C17H25NS/c1-2-12-7-3-5-9-14(12)17(18)16-11-13-8-4-6-10-15(13)19-16/h4,6,8,10,12,14,16-17H,2-3,5,7,9,11,18H2,1H3. The molecule has 1 aliphatic heterocycles. The zero-order chi connectivity index (χ0) is 13.2. The number of hydrogen-bond acceptors (Lipinski definition) is 2. The molecule has 2 aliphatic rings. The summed E-state index contributed by atoms with van der Waals surface area (Å²) in [7, 11) is 0. The molecule has 19 heavy (non-hydrogen) atoms. The maximum Gasteiger partial charge on any atom is 0.0289 e. The van der Waals surface area contributed by atoms with Gasteiger partial charge >= 0.3 is 0 Å². The predicted molar refractivity (Wildman–Crippen MR) is 83.5 cm³/mol. The lowest BCUT2D eigenvalue weighted by atomic mass is 9.73. The van der Waals surface area contributed by atoms with E-state index in [0.717, 1.165) is 11.8 Å². The van der Waals surface area contributed by atoms with E-state index in [-0.39, 0.29) is 0 Å². The van der Waals surface area contributed by atoms with Gasteiger partial charge in [0.25, 0.3) is 0 Å². The van der Waals surface area contributed by atoms with Crippen LogP contribution in [0.3, 0.4) is 0 Å². The molecule has 1 aromatic carbocycles. The third-order valence-corrected chi connectivity index (χ3v) is 6.52. The minimum Gasteiger partial charge on any atom is -0.326 e. The van der Waals surface area contributed by atoms with Crippen LogP contribution in [-0.4, -0.2) is 11.3 Å². The summed E-state index contributed by atoms with van der Waals surface area (Å²) in [5, 5.41) is 0.606. The number of fused-ring (bicyclic) bond motifs is 1. The van der Waals surface area contributed by atoms with Crippen LogP contribution in [0.2, 0.25) is 0 Å². The number of benzene rings is 1. The van der Waals surface area contributed by atoms with E-state index in [9.17, 15) is 0 Å². The van der Waals surface area contributed by atoms with Crippen molar-refractivity contribution >= 4 is 11.8 Å². The van der Waals surface area contributed by atoms with Crippen molar-refractivity contribution < 1.29 is 0 Å². The van der Waals surface area contributed by atoms with Gasteiger partial charge in [-0.05, 0) is 36.3 Å². The van der Waals surface area contributed by atoms with Crippen molar-refractivity contribution in [2.45, 2.75) is 61.6 Å². The molecule has 0 radical (unpaired) electrons. The van der Waals surface area contributed by atoms with Gasteiger partial charge in [-0.3, -0.25) is 0 Å². The third-order valence-electron chi connectivity index (χ3n) is 5.09. The van der Waals surface area contributed by atoms with Gasteiger partial charge in [0.2, 0.25) is 0 Å². The molecule has 1 aliphatic carbocycles. The van der Waals surface area contributed by atoms with Gasteiger partial charge in [-0.2, -0.15) is 0 Å². The van der Waals surface area contributed by atoms with Crippen LogP contribution in [0, 0.1) is 11.8 Å². The Balaban J connectivity index is 1.70. The van der Waals surface area contributed by atoms with Crippen LogP contribution < -0.4 is 5.73 Å². The van der Waals surface area contributed by atoms with E-state index in [1.807, 2.05) is 11.8 Å². The molecular formula is C17H25NS. The van der Waals surface area contributed by atoms with Crippen molar-refractivity contribution in [1.82, 2.24) is 0 Å². The van der Waals surface area contributed by atoms with Crippen LogP contribution in [0.25, 0.3) is 0 Å². The first kappa shape index (κ1) is 13.5. The lowest BCUT2D eigenvalue weighted by Crippen LogP contribution is -2.44. The lowest BCUT2D eigenvalue weighted by molar-refractivity contribution is 0.193. The molecule has 0 saturated heterocycles. The topological polar surface area (TPSA) is 26.0 Å². The first-order valence-corrected chi connectivity index (χ1v) is 8.67. The zero-order valence-electron chi connectivity index (χ0n) is 11.8. The highest BCUT2D eigenvalue weighted by Crippen LogP contribution is 2.43. The SMILES string of the molecule is CCC1CCCCC1C(N)C1Cc2ccccc2S1. The fourth-order valence-corrected chi connectivity index (χ4v) is 5.36. The van der Waals surface area contributed by atoms with E-state index in [1.54, 1.807) is 0 Å². The van der Waals surface area contributed by atoms with Gasteiger partial charge in [0.05, 0.1) is 0 Å². The van der Waals surface area contributed by atoms with Crippen molar-refractivity contribution in [1.29, 1.82) is 0 Å². The van der Waals surface area contributed by atoms with E-state index < -0.39 is 0 Å². The molecule has 1 saturated carbocycles. The number of hydrogen-bond donors (Lipinski definition) is 1. The Bertz CT molecular complexity index is 406. The van der Waals surface area contributed by atoms with Crippen LogP contribution >= 0.6 is 11.8 Å². The highest BCUT2D eigenvalue weighted by atomic mass is 32.2. The minimum atomic E-state index is 0.377. The Morgan fingerprint density at radius 1 is 1.26 bits per heavy atom. The zero-order valence-corrected chi connectivity index (χ0v) is 12.7. The molecule has 0 bridgehead atoms. The molecule has 104 valence electrons. The van der Waals surface area contributed by atoms with Crippen molar-refractivity contribution in [3.05, 3.63) is 29.8 Å². The van der Waals surface area contributed by atoms with Crippen LogP contribution in [0.1, 0.15) is 44.6 Å². The molecule has 1 fully saturated rings. The average Bonchev–Trinajstić information content (AvgIpc) is 2.90. The van der Waals surface area contributed by atoms with E-state index in [1.165, 1.54) is 49.0 Å². The highest BCUT2D eigenvalue weighted by Gasteiger charge is 2.36. The van der Waals surface area contributed by atoms with Crippen molar-refractivity contribution in [3.63, 3.8) is 0 Å². The van der Waals surface area contributed by atoms with Crippen molar-refractivity contribution in [3.8, 4) is 0 Å². The summed E-state index contributed by atoms with van der Waals surface area (Å²) in [5.74, 6) is 1.62. The van der Waals surface area contributed by atoms with E-state index in [2.05, 4.69) is 31.2 Å². The van der Waals surface area contributed by atoms with Gasteiger partial charge in [0.1, 0.15) is 0 Å². The van der Waals surface area contributed by atoms with Crippen LogP contribution in [-0.2, 0) is 6.42 Å². The van der Waals surface area contributed by atoms with Gasteiger partial charge < -0.3 is 5.73 Å². The molecule has 1 heterocycles. The minimum absolute atomic E-state index is 0.377. The van der Waals surface area contributed by atoms with Gasteiger partial charge in [-0.25, -0.2) is 0 Å². The average molecular weight is 275 g/mol. The number of nitrogens with two attached hydrogens (primary N) is 1. The largest absolute Gasteiger partial charge is 0.326 e. The number of rotatable bonds is 3. The first-order valence-electron chi connectivity index (χ1n) is 7.79. The molecule has 0 spiro atoms. The van der Waals surface area contributed by atoms with Gasteiger partial charge in [-0.1, -0.05) is 50.8 Å². The summed E-state index contributed by atoms with van der Waals surface area (Å²) in [6.45, 7) is 2.34. The molecular weight excluding hydrogens is 250 g/mol.